The van der Waals surface area contributed by atoms with Crippen molar-refractivity contribution in [1.82, 2.24) is 14.3 Å². The molecule has 1 unspecified atom stereocenters. The summed E-state index contributed by atoms with van der Waals surface area (Å²) in [5.74, 6) is 1.17. The number of nitrogens with zero attached hydrogens (tertiary/aromatic N) is 3. The molecule has 1 atom stereocenters. The summed E-state index contributed by atoms with van der Waals surface area (Å²) in [7, 11) is 2.21. The Morgan fingerprint density at radius 2 is 2.35 bits per heavy atom. The van der Waals surface area contributed by atoms with Crippen LogP contribution in [0.15, 0.2) is 29.0 Å². The highest BCUT2D eigenvalue weighted by Gasteiger charge is 2.22. The van der Waals surface area contributed by atoms with E-state index in [1.807, 2.05) is 6.20 Å². The first-order valence-corrected chi connectivity index (χ1v) is 6.85. The molecule has 1 aliphatic rings. The van der Waals surface area contributed by atoms with E-state index in [1.54, 1.807) is 0 Å². The Balaban J connectivity index is 1.92. The van der Waals surface area contributed by atoms with E-state index in [4.69, 9.17) is 0 Å². The summed E-state index contributed by atoms with van der Waals surface area (Å²) < 4.78 is 3.29. The molecule has 0 saturated carbocycles. The molecule has 1 saturated heterocycles. The second-order valence-electron chi connectivity index (χ2n) is 4.80. The highest BCUT2D eigenvalue weighted by molar-refractivity contribution is 9.10. The molecule has 3 rings (SSSR count). The van der Waals surface area contributed by atoms with E-state index >= 15 is 0 Å². The second kappa shape index (κ2) is 4.42. The molecule has 0 bridgehead atoms. The number of aromatic nitrogens is 2. The Bertz CT molecular complexity index is 534. The maximum Gasteiger partial charge on any atom is 0.114 e. The van der Waals surface area contributed by atoms with Crippen LogP contribution < -0.4 is 0 Å². The lowest BCUT2D eigenvalue weighted by Crippen LogP contribution is -2.27. The predicted molar refractivity (Wildman–Crippen MR) is 72.2 cm³/mol. The molecule has 1 aliphatic heterocycles. The van der Waals surface area contributed by atoms with Crippen LogP contribution in [0.4, 0.5) is 0 Å². The molecule has 3 nitrogen and oxygen atoms in total. The lowest BCUT2D eigenvalue weighted by Gasteiger charge is -2.18. The Hall–Kier alpha value is -0.870. The van der Waals surface area contributed by atoms with E-state index in [2.05, 4.69) is 55.6 Å². The van der Waals surface area contributed by atoms with Crippen molar-refractivity contribution in [2.75, 3.05) is 13.6 Å². The topological polar surface area (TPSA) is 20.5 Å². The zero-order chi connectivity index (χ0) is 11.8. The summed E-state index contributed by atoms with van der Waals surface area (Å²) >= 11 is 3.52. The minimum atomic E-state index is 0.652. The largest absolute Gasteiger partial charge is 0.303 e. The van der Waals surface area contributed by atoms with Gasteiger partial charge in [0, 0.05) is 23.1 Å². The molecular weight excluding hydrogens is 278 g/mol. The number of fused-ring (bicyclic) bond motifs is 1. The maximum absolute atomic E-state index is 4.55. The van der Waals surface area contributed by atoms with E-state index < -0.39 is 0 Å². The Morgan fingerprint density at radius 3 is 3.12 bits per heavy atom. The fourth-order valence-electron chi connectivity index (χ4n) is 2.62. The SMILES string of the molecule is CN1CCCC1Cc1ncc2ccc(Br)cn12. The van der Waals surface area contributed by atoms with Crippen LogP contribution in [0.5, 0.6) is 0 Å². The summed E-state index contributed by atoms with van der Waals surface area (Å²) in [6.07, 6.45) is 7.71. The molecule has 0 aliphatic carbocycles. The lowest BCUT2D eigenvalue weighted by atomic mass is 10.1. The van der Waals surface area contributed by atoms with Crippen molar-refractivity contribution in [2.24, 2.45) is 0 Å². The first kappa shape index (κ1) is 11.2. The van der Waals surface area contributed by atoms with Gasteiger partial charge in [0.2, 0.25) is 0 Å². The van der Waals surface area contributed by atoms with Crippen molar-refractivity contribution in [3.8, 4) is 0 Å². The molecule has 4 heteroatoms. The average Bonchev–Trinajstić information content (AvgIpc) is 2.88. The third kappa shape index (κ3) is 2.11. The highest BCUT2D eigenvalue weighted by atomic mass is 79.9. The molecule has 0 N–H and O–H groups in total. The van der Waals surface area contributed by atoms with Crippen molar-refractivity contribution in [3.63, 3.8) is 0 Å². The number of hydrogen-bond donors (Lipinski definition) is 0. The van der Waals surface area contributed by atoms with Gasteiger partial charge in [0.05, 0.1) is 11.7 Å². The number of hydrogen-bond acceptors (Lipinski definition) is 2. The van der Waals surface area contributed by atoms with Crippen LogP contribution >= 0.6 is 15.9 Å². The summed E-state index contributed by atoms with van der Waals surface area (Å²) in [6.45, 7) is 1.22. The van der Waals surface area contributed by atoms with E-state index in [9.17, 15) is 0 Å². The molecule has 0 aromatic carbocycles. The van der Waals surface area contributed by atoms with Crippen LogP contribution in [-0.2, 0) is 6.42 Å². The van der Waals surface area contributed by atoms with Crippen LogP contribution in [0.3, 0.4) is 0 Å². The Morgan fingerprint density at radius 1 is 1.47 bits per heavy atom. The summed E-state index contributed by atoms with van der Waals surface area (Å²) in [5.41, 5.74) is 1.17. The van der Waals surface area contributed by atoms with Crippen molar-refractivity contribution >= 4 is 21.4 Å². The van der Waals surface area contributed by atoms with Gasteiger partial charge < -0.3 is 9.30 Å². The van der Waals surface area contributed by atoms with Gasteiger partial charge in [0.25, 0.3) is 0 Å². The minimum absolute atomic E-state index is 0.652. The molecule has 0 amide bonds. The average molecular weight is 294 g/mol. The molecule has 2 aromatic heterocycles. The van der Waals surface area contributed by atoms with Crippen molar-refractivity contribution in [3.05, 3.63) is 34.8 Å². The summed E-state index contributed by atoms with van der Waals surface area (Å²) in [5, 5.41) is 0. The van der Waals surface area contributed by atoms with Gasteiger partial charge in [-0.15, -0.1) is 0 Å². The molecule has 90 valence electrons. The molecule has 1 fully saturated rings. The standard InChI is InChI=1S/C13H16BrN3/c1-16-6-2-3-11(16)7-13-15-8-12-5-4-10(14)9-17(12)13/h4-5,8-9,11H,2-3,6-7H2,1H3. The number of likely N-dealkylation sites (tertiary alicyclic amines) is 1. The van der Waals surface area contributed by atoms with Gasteiger partial charge >= 0.3 is 0 Å². The van der Waals surface area contributed by atoms with Crippen molar-refractivity contribution in [1.29, 1.82) is 0 Å². The monoisotopic (exact) mass is 293 g/mol. The lowest BCUT2D eigenvalue weighted by molar-refractivity contribution is 0.305. The Labute approximate surface area is 110 Å². The fourth-order valence-corrected chi connectivity index (χ4v) is 2.95. The van der Waals surface area contributed by atoms with Gasteiger partial charge in [0.1, 0.15) is 5.82 Å². The zero-order valence-corrected chi connectivity index (χ0v) is 11.5. The van der Waals surface area contributed by atoms with Crippen LogP contribution in [0.1, 0.15) is 18.7 Å². The normalized spacial score (nSPS) is 21.4. The molecule has 3 heterocycles. The predicted octanol–water partition coefficient (Wildman–Crippen LogP) is 2.73. The van der Waals surface area contributed by atoms with E-state index in [1.165, 1.54) is 30.7 Å². The summed E-state index contributed by atoms with van der Waals surface area (Å²) in [4.78, 5) is 6.99. The van der Waals surface area contributed by atoms with Gasteiger partial charge in [-0.3, -0.25) is 0 Å². The molecule has 0 spiro atoms. The van der Waals surface area contributed by atoms with Gasteiger partial charge in [-0.1, -0.05) is 0 Å². The number of likely N-dealkylation sites (N-methyl/N-ethyl adjacent to an activating group) is 1. The van der Waals surface area contributed by atoms with Gasteiger partial charge in [0.15, 0.2) is 0 Å². The fraction of sp³-hybridized carbons (Fsp3) is 0.462. The highest BCUT2D eigenvalue weighted by Crippen LogP contribution is 2.20. The van der Waals surface area contributed by atoms with Crippen LogP contribution in [0, 0.1) is 0 Å². The number of imidazole rings is 1. The van der Waals surface area contributed by atoms with Gasteiger partial charge in [-0.2, -0.15) is 0 Å². The number of rotatable bonds is 2. The van der Waals surface area contributed by atoms with Crippen molar-refractivity contribution < 1.29 is 0 Å². The van der Waals surface area contributed by atoms with Crippen LogP contribution in [0.25, 0.3) is 5.52 Å². The molecule has 0 radical (unpaired) electrons. The maximum atomic E-state index is 4.55. The third-order valence-electron chi connectivity index (χ3n) is 3.66. The number of pyridine rings is 1. The second-order valence-corrected chi connectivity index (χ2v) is 5.71. The number of halogens is 1. The van der Waals surface area contributed by atoms with Gasteiger partial charge in [-0.25, -0.2) is 4.98 Å². The first-order valence-electron chi connectivity index (χ1n) is 6.06. The zero-order valence-electron chi connectivity index (χ0n) is 9.93. The smallest absolute Gasteiger partial charge is 0.114 e. The molecular formula is C13H16BrN3. The summed E-state index contributed by atoms with van der Waals surface area (Å²) in [6, 6.07) is 4.81. The van der Waals surface area contributed by atoms with E-state index in [0.717, 1.165) is 10.9 Å². The Kier molecular flexibility index (Phi) is 2.92. The third-order valence-corrected chi connectivity index (χ3v) is 4.13. The van der Waals surface area contributed by atoms with Crippen molar-refractivity contribution in [2.45, 2.75) is 25.3 Å². The van der Waals surface area contributed by atoms with E-state index in [0.29, 0.717) is 6.04 Å². The van der Waals surface area contributed by atoms with Gasteiger partial charge in [-0.05, 0) is 54.5 Å². The van der Waals surface area contributed by atoms with Crippen LogP contribution in [0.2, 0.25) is 0 Å². The quantitative estimate of drug-likeness (QED) is 0.849. The minimum Gasteiger partial charge on any atom is -0.303 e. The first-order chi connectivity index (χ1) is 8.24. The molecule has 2 aromatic rings. The molecule has 17 heavy (non-hydrogen) atoms. The van der Waals surface area contributed by atoms with Crippen LogP contribution in [-0.4, -0.2) is 33.9 Å². The van der Waals surface area contributed by atoms with E-state index in [-0.39, 0.29) is 0 Å².